The number of hydrogen-bond acceptors (Lipinski definition) is 6. The Bertz CT molecular complexity index is 1550. The van der Waals surface area contributed by atoms with Gasteiger partial charge in [-0.2, -0.15) is 13.2 Å². The second-order valence-electron chi connectivity index (χ2n) is 9.52. The molecule has 0 aliphatic carbocycles. The predicted molar refractivity (Wildman–Crippen MR) is 135 cm³/mol. The van der Waals surface area contributed by atoms with Gasteiger partial charge >= 0.3 is 12.1 Å². The maximum absolute atomic E-state index is 14.6. The monoisotopic (exact) mass is 582 g/mol. The van der Waals surface area contributed by atoms with E-state index in [-0.39, 0.29) is 43.1 Å². The molecular formula is C26H23F5N4O4S. The Morgan fingerprint density at radius 3 is 2.40 bits per heavy atom. The van der Waals surface area contributed by atoms with Gasteiger partial charge in [-0.3, -0.25) is 14.0 Å². The summed E-state index contributed by atoms with van der Waals surface area (Å²) in [6.45, 7) is 1.10. The van der Waals surface area contributed by atoms with Crippen LogP contribution >= 0.6 is 0 Å². The largest absolute Gasteiger partial charge is 0.481 e. The minimum atomic E-state index is -4.78. The van der Waals surface area contributed by atoms with E-state index in [1.807, 2.05) is 9.80 Å². The molecule has 8 nitrogen and oxygen atoms in total. The van der Waals surface area contributed by atoms with Gasteiger partial charge in [0.15, 0.2) is 5.82 Å². The molecule has 5 rings (SSSR count). The Balaban J connectivity index is 1.61. The van der Waals surface area contributed by atoms with Crippen molar-refractivity contribution in [3.8, 4) is 11.1 Å². The number of halogens is 5. The molecule has 0 amide bonds. The Morgan fingerprint density at radius 1 is 1.02 bits per heavy atom. The van der Waals surface area contributed by atoms with Crippen LogP contribution in [0, 0.1) is 11.6 Å². The smallest absolute Gasteiger partial charge is 0.416 e. The minimum absolute atomic E-state index is 0.0344. The molecular weight excluding hydrogens is 559 g/mol. The number of carboxylic acid groups (broad SMARTS) is 1. The molecule has 0 saturated carbocycles. The molecule has 1 aromatic heterocycles. The lowest BCUT2D eigenvalue weighted by Gasteiger charge is -2.48. The van der Waals surface area contributed by atoms with E-state index in [2.05, 4.69) is 4.98 Å². The zero-order valence-corrected chi connectivity index (χ0v) is 21.6. The van der Waals surface area contributed by atoms with Gasteiger partial charge in [-0.1, -0.05) is 12.1 Å². The molecule has 0 radical (unpaired) electrons. The van der Waals surface area contributed by atoms with Crippen LogP contribution < -0.4 is 9.21 Å². The summed E-state index contributed by atoms with van der Waals surface area (Å²) in [4.78, 5) is 18.5. The Labute approximate surface area is 226 Å². The number of pyridine rings is 1. The van der Waals surface area contributed by atoms with Crippen molar-refractivity contribution in [2.24, 2.45) is 0 Å². The van der Waals surface area contributed by atoms with Gasteiger partial charge in [-0.05, 0) is 36.4 Å². The Morgan fingerprint density at radius 2 is 1.73 bits per heavy atom. The van der Waals surface area contributed by atoms with Crippen molar-refractivity contribution in [2.45, 2.75) is 23.5 Å². The summed E-state index contributed by atoms with van der Waals surface area (Å²) in [5.74, 6) is -2.59. The molecule has 2 aliphatic heterocycles. The topological polar surface area (TPSA) is 94.1 Å². The summed E-state index contributed by atoms with van der Waals surface area (Å²) in [6.07, 6.45) is -3.69. The van der Waals surface area contributed by atoms with Crippen molar-refractivity contribution >= 4 is 27.5 Å². The van der Waals surface area contributed by atoms with Gasteiger partial charge in [-0.15, -0.1) is 0 Å². The Hall–Kier alpha value is -3.78. The SMILES string of the molecule is O=C(O)CCN1CCN2c3ncc(-c4c(F)cccc4F)cc3N(S(=O)(=O)c3cccc(C(F)(F)F)c3)C[C@@H]2C1. The van der Waals surface area contributed by atoms with Crippen LogP contribution in [0.15, 0.2) is 59.6 Å². The van der Waals surface area contributed by atoms with Crippen LogP contribution in [-0.2, 0) is 21.0 Å². The van der Waals surface area contributed by atoms with Crippen LogP contribution in [0.25, 0.3) is 11.1 Å². The van der Waals surface area contributed by atoms with Crippen LogP contribution in [-0.4, -0.2) is 68.1 Å². The highest BCUT2D eigenvalue weighted by atomic mass is 32.2. The first-order chi connectivity index (χ1) is 18.9. The van der Waals surface area contributed by atoms with E-state index in [9.17, 15) is 35.2 Å². The van der Waals surface area contributed by atoms with Crippen LogP contribution in [0.5, 0.6) is 0 Å². The molecule has 0 bridgehead atoms. The fourth-order valence-corrected chi connectivity index (χ4v) is 6.59. The van der Waals surface area contributed by atoms with Crippen LogP contribution in [0.1, 0.15) is 12.0 Å². The molecule has 212 valence electrons. The number of rotatable bonds is 6. The van der Waals surface area contributed by atoms with E-state index in [0.29, 0.717) is 19.2 Å². The Kier molecular flexibility index (Phi) is 7.17. The molecule has 0 spiro atoms. The minimum Gasteiger partial charge on any atom is -0.481 e. The number of piperazine rings is 1. The molecule has 1 atom stereocenters. The fraction of sp³-hybridized carbons (Fsp3) is 0.308. The number of carboxylic acids is 1. The van der Waals surface area contributed by atoms with Gasteiger partial charge in [0.2, 0.25) is 0 Å². The van der Waals surface area contributed by atoms with Crippen molar-refractivity contribution in [3.63, 3.8) is 0 Å². The number of aliphatic carboxylic acids is 1. The van der Waals surface area contributed by atoms with E-state index in [1.165, 1.54) is 18.3 Å². The normalized spacial score (nSPS) is 17.9. The summed E-state index contributed by atoms with van der Waals surface area (Å²) in [5, 5.41) is 9.05. The molecule has 1 saturated heterocycles. The molecule has 0 unspecified atom stereocenters. The first-order valence-electron chi connectivity index (χ1n) is 12.2. The third kappa shape index (κ3) is 5.20. The lowest BCUT2D eigenvalue weighted by Crippen LogP contribution is -2.61. The molecule has 3 aromatic rings. The van der Waals surface area contributed by atoms with E-state index < -0.39 is 55.9 Å². The highest BCUT2D eigenvalue weighted by Crippen LogP contribution is 2.42. The molecule has 1 N–H and O–H groups in total. The van der Waals surface area contributed by atoms with Gasteiger partial charge in [-0.25, -0.2) is 22.2 Å². The number of hydrogen-bond donors (Lipinski definition) is 1. The van der Waals surface area contributed by atoms with E-state index in [4.69, 9.17) is 5.11 Å². The number of aromatic nitrogens is 1. The van der Waals surface area contributed by atoms with Crippen molar-refractivity contribution in [2.75, 3.05) is 41.9 Å². The zero-order chi connectivity index (χ0) is 28.8. The van der Waals surface area contributed by atoms with Crippen LogP contribution in [0.3, 0.4) is 0 Å². The number of alkyl halides is 3. The summed E-state index contributed by atoms with van der Waals surface area (Å²) >= 11 is 0. The van der Waals surface area contributed by atoms with E-state index in [0.717, 1.165) is 34.6 Å². The van der Waals surface area contributed by atoms with E-state index in [1.54, 1.807) is 0 Å². The average Bonchev–Trinajstić information content (AvgIpc) is 2.90. The highest BCUT2D eigenvalue weighted by Gasteiger charge is 2.42. The standard InChI is InChI=1S/C26H23F5N4O4S/c27-20-5-2-6-21(28)24(20)16-11-22-25(32-13-16)34-10-9-33(8-7-23(36)37)14-18(34)15-35(22)40(38,39)19-4-1-3-17(12-19)26(29,30)31/h1-6,11-13,18H,7-10,14-15H2,(H,36,37)/t18-/m0/s1. The lowest BCUT2D eigenvalue weighted by atomic mass is 10.0. The van der Waals surface area contributed by atoms with Crippen LogP contribution in [0.2, 0.25) is 0 Å². The fourth-order valence-electron chi connectivity index (χ4n) is 5.05. The summed E-state index contributed by atoms with van der Waals surface area (Å²) in [6, 6.07) is 7.35. The van der Waals surface area contributed by atoms with Crippen LogP contribution in [0.4, 0.5) is 33.5 Å². The summed E-state index contributed by atoms with van der Waals surface area (Å²) in [7, 11) is -4.60. The number of nitrogens with zero attached hydrogens (tertiary/aromatic N) is 4. The molecule has 2 aliphatic rings. The van der Waals surface area contributed by atoms with Crippen molar-refractivity contribution < 1.29 is 40.3 Å². The quantitative estimate of drug-likeness (QED) is 0.435. The second kappa shape index (κ2) is 10.3. The summed E-state index contributed by atoms with van der Waals surface area (Å²) in [5.41, 5.74) is -1.65. The maximum atomic E-state index is 14.6. The maximum Gasteiger partial charge on any atom is 0.416 e. The molecule has 3 heterocycles. The van der Waals surface area contributed by atoms with E-state index >= 15 is 0 Å². The van der Waals surface area contributed by atoms with Crippen molar-refractivity contribution in [3.05, 3.63) is 71.9 Å². The van der Waals surface area contributed by atoms with Gasteiger partial charge in [0.25, 0.3) is 10.0 Å². The molecule has 1 fully saturated rings. The number of sulfonamides is 1. The van der Waals surface area contributed by atoms with Crippen molar-refractivity contribution in [1.82, 2.24) is 9.88 Å². The summed E-state index contributed by atoms with van der Waals surface area (Å²) < 4.78 is 98.0. The lowest BCUT2D eigenvalue weighted by molar-refractivity contribution is -0.138. The highest BCUT2D eigenvalue weighted by molar-refractivity contribution is 7.92. The predicted octanol–water partition coefficient (Wildman–Crippen LogP) is 4.22. The first kappa shape index (κ1) is 27.8. The van der Waals surface area contributed by atoms with Gasteiger partial charge in [0.1, 0.15) is 11.6 Å². The number of anilines is 2. The molecule has 14 heteroatoms. The average molecular weight is 583 g/mol. The van der Waals surface area contributed by atoms with Gasteiger partial charge in [0, 0.05) is 37.9 Å². The number of carbonyl (C=O) groups is 1. The third-order valence-corrected chi connectivity index (χ3v) is 8.75. The van der Waals surface area contributed by atoms with Gasteiger partial charge in [0.05, 0.1) is 40.7 Å². The second-order valence-corrected chi connectivity index (χ2v) is 11.4. The third-order valence-electron chi connectivity index (χ3n) is 6.97. The first-order valence-corrected chi connectivity index (χ1v) is 13.7. The number of benzene rings is 2. The van der Waals surface area contributed by atoms with Crippen molar-refractivity contribution in [1.29, 1.82) is 0 Å². The number of fused-ring (bicyclic) bond motifs is 3. The van der Waals surface area contributed by atoms with Gasteiger partial charge < -0.3 is 10.0 Å². The molecule has 2 aromatic carbocycles. The zero-order valence-electron chi connectivity index (χ0n) is 20.8. The molecule has 40 heavy (non-hydrogen) atoms.